The van der Waals surface area contributed by atoms with E-state index in [1.807, 2.05) is 6.92 Å². The molecular formula is C12H24N2O. The lowest BCUT2D eigenvalue weighted by Crippen LogP contribution is -2.45. The number of morpholine rings is 1. The summed E-state index contributed by atoms with van der Waals surface area (Å²) in [5, 5.41) is 0. The highest BCUT2D eigenvalue weighted by Gasteiger charge is 2.23. The van der Waals surface area contributed by atoms with Crippen LogP contribution < -0.4 is 5.73 Å². The second-order valence-corrected chi connectivity index (χ2v) is 4.44. The van der Waals surface area contributed by atoms with Gasteiger partial charge in [0.1, 0.15) is 0 Å². The zero-order valence-electron chi connectivity index (χ0n) is 10.2. The molecule has 3 heteroatoms. The summed E-state index contributed by atoms with van der Waals surface area (Å²) in [5.41, 5.74) is 6.72. The second kappa shape index (κ2) is 6.13. The predicted molar refractivity (Wildman–Crippen MR) is 63.6 cm³/mol. The quantitative estimate of drug-likeness (QED) is 0.769. The Kier molecular flexibility index (Phi) is 5.12. The van der Waals surface area contributed by atoms with Gasteiger partial charge >= 0.3 is 0 Å². The molecule has 1 heterocycles. The van der Waals surface area contributed by atoms with Crippen LogP contribution in [0.4, 0.5) is 0 Å². The van der Waals surface area contributed by atoms with Gasteiger partial charge in [0.05, 0.1) is 13.2 Å². The van der Waals surface area contributed by atoms with Gasteiger partial charge in [-0.25, -0.2) is 0 Å². The Morgan fingerprint density at radius 3 is 2.53 bits per heavy atom. The SMILES string of the molecule is CC[C@@H](C)C(/C=C(/C)N)N1CCOCC1. The minimum Gasteiger partial charge on any atom is -0.402 e. The average molecular weight is 212 g/mol. The first-order valence-electron chi connectivity index (χ1n) is 5.90. The van der Waals surface area contributed by atoms with Crippen LogP contribution in [0.2, 0.25) is 0 Å². The molecule has 15 heavy (non-hydrogen) atoms. The molecule has 3 nitrogen and oxygen atoms in total. The summed E-state index contributed by atoms with van der Waals surface area (Å²) in [5.74, 6) is 0.654. The van der Waals surface area contributed by atoms with E-state index in [1.165, 1.54) is 6.42 Å². The summed E-state index contributed by atoms with van der Waals surface area (Å²) in [7, 11) is 0. The summed E-state index contributed by atoms with van der Waals surface area (Å²) in [6, 6.07) is 0.476. The van der Waals surface area contributed by atoms with Gasteiger partial charge in [-0.05, 0) is 18.9 Å². The maximum atomic E-state index is 5.80. The van der Waals surface area contributed by atoms with Crippen LogP contribution in [0.25, 0.3) is 0 Å². The third-order valence-corrected chi connectivity index (χ3v) is 3.13. The minimum absolute atomic E-state index is 0.476. The van der Waals surface area contributed by atoms with Gasteiger partial charge < -0.3 is 10.5 Å². The van der Waals surface area contributed by atoms with E-state index in [4.69, 9.17) is 10.5 Å². The molecule has 0 aromatic heterocycles. The number of rotatable bonds is 4. The molecular weight excluding hydrogens is 188 g/mol. The van der Waals surface area contributed by atoms with E-state index >= 15 is 0 Å². The molecule has 1 fully saturated rings. The van der Waals surface area contributed by atoms with Crippen LogP contribution in [0.1, 0.15) is 27.2 Å². The van der Waals surface area contributed by atoms with Crippen LogP contribution in [-0.2, 0) is 4.74 Å². The molecule has 1 rings (SSSR count). The van der Waals surface area contributed by atoms with Crippen molar-refractivity contribution in [2.75, 3.05) is 26.3 Å². The van der Waals surface area contributed by atoms with Crippen molar-refractivity contribution < 1.29 is 4.74 Å². The maximum Gasteiger partial charge on any atom is 0.0594 e. The van der Waals surface area contributed by atoms with Gasteiger partial charge in [-0.3, -0.25) is 4.90 Å². The van der Waals surface area contributed by atoms with E-state index < -0.39 is 0 Å². The summed E-state index contributed by atoms with van der Waals surface area (Å²) in [4.78, 5) is 2.48. The standard InChI is InChI=1S/C12H24N2O/c1-4-10(2)12(9-11(3)13)14-5-7-15-8-6-14/h9-10,12H,4-8,13H2,1-3H3/b11-9-/t10-,12?/m1/s1. The highest BCUT2D eigenvalue weighted by atomic mass is 16.5. The van der Waals surface area contributed by atoms with Gasteiger partial charge in [-0.1, -0.05) is 20.3 Å². The normalized spacial score (nSPS) is 23.8. The van der Waals surface area contributed by atoms with Crippen molar-refractivity contribution in [3.05, 3.63) is 11.8 Å². The predicted octanol–water partition coefficient (Wildman–Crippen LogP) is 1.60. The van der Waals surface area contributed by atoms with Crippen molar-refractivity contribution in [3.63, 3.8) is 0 Å². The number of nitrogens with two attached hydrogens (primary N) is 1. The molecule has 1 aliphatic heterocycles. The van der Waals surface area contributed by atoms with Gasteiger partial charge in [-0.15, -0.1) is 0 Å². The van der Waals surface area contributed by atoms with Crippen LogP contribution in [0, 0.1) is 5.92 Å². The summed E-state index contributed by atoms with van der Waals surface area (Å²) in [6.07, 6.45) is 3.38. The largest absolute Gasteiger partial charge is 0.402 e. The molecule has 0 saturated carbocycles. The van der Waals surface area contributed by atoms with Crippen LogP contribution in [0.3, 0.4) is 0 Å². The lowest BCUT2D eigenvalue weighted by Gasteiger charge is -2.36. The minimum atomic E-state index is 0.476. The number of nitrogens with zero attached hydrogens (tertiary/aromatic N) is 1. The summed E-state index contributed by atoms with van der Waals surface area (Å²) in [6.45, 7) is 10.2. The van der Waals surface area contributed by atoms with Crippen molar-refractivity contribution in [1.29, 1.82) is 0 Å². The monoisotopic (exact) mass is 212 g/mol. The molecule has 1 saturated heterocycles. The molecule has 88 valence electrons. The van der Waals surface area contributed by atoms with E-state index in [0.29, 0.717) is 12.0 Å². The lowest BCUT2D eigenvalue weighted by molar-refractivity contribution is 0.0154. The van der Waals surface area contributed by atoms with Crippen molar-refractivity contribution in [3.8, 4) is 0 Å². The number of hydrogen-bond acceptors (Lipinski definition) is 3. The Bertz CT molecular complexity index is 206. The van der Waals surface area contributed by atoms with Crippen LogP contribution in [0.15, 0.2) is 11.8 Å². The highest BCUT2D eigenvalue weighted by Crippen LogP contribution is 2.18. The highest BCUT2D eigenvalue weighted by molar-refractivity contribution is 5.02. The van der Waals surface area contributed by atoms with Crippen molar-refractivity contribution in [1.82, 2.24) is 4.90 Å². The molecule has 1 aliphatic rings. The van der Waals surface area contributed by atoms with E-state index in [2.05, 4.69) is 24.8 Å². The Morgan fingerprint density at radius 1 is 1.47 bits per heavy atom. The fraction of sp³-hybridized carbons (Fsp3) is 0.833. The maximum absolute atomic E-state index is 5.80. The molecule has 0 aromatic carbocycles. The van der Waals surface area contributed by atoms with Gasteiger partial charge in [0.15, 0.2) is 0 Å². The average Bonchev–Trinajstić information content (AvgIpc) is 2.26. The molecule has 0 amide bonds. The smallest absolute Gasteiger partial charge is 0.0594 e. The molecule has 2 N–H and O–H groups in total. The molecule has 0 aliphatic carbocycles. The van der Waals surface area contributed by atoms with Crippen LogP contribution in [-0.4, -0.2) is 37.2 Å². The van der Waals surface area contributed by atoms with E-state index in [1.54, 1.807) is 0 Å². The van der Waals surface area contributed by atoms with Gasteiger partial charge in [-0.2, -0.15) is 0 Å². The molecule has 0 bridgehead atoms. The van der Waals surface area contributed by atoms with E-state index in [-0.39, 0.29) is 0 Å². The van der Waals surface area contributed by atoms with Crippen LogP contribution >= 0.6 is 0 Å². The Labute approximate surface area is 93.3 Å². The summed E-state index contributed by atoms with van der Waals surface area (Å²) >= 11 is 0. The topological polar surface area (TPSA) is 38.5 Å². The van der Waals surface area contributed by atoms with Gasteiger partial charge in [0.2, 0.25) is 0 Å². The van der Waals surface area contributed by atoms with Crippen molar-refractivity contribution >= 4 is 0 Å². The Morgan fingerprint density at radius 2 is 2.07 bits per heavy atom. The van der Waals surface area contributed by atoms with Crippen molar-refractivity contribution in [2.24, 2.45) is 11.7 Å². The molecule has 0 aromatic rings. The Hall–Kier alpha value is -0.540. The first kappa shape index (κ1) is 12.5. The molecule has 2 atom stereocenters. The fourth-order valence-corrected chi connectivity index (χ4v) is 2.02. The van der Waals surface area contributed by atoms with Gasteiger partial charge in [0, 0.05) is 24.8 Å². The first-order chi connectivity index (χ1) is 7.15. The number of ether oxygens (including phenoxy) is 1. The van der Waals surface area contributed by atoms with Gasteiger partial charge in [0.25, 0.3) is 0 Å². The third-order valence-electron chi connectivity index (χ3n) is 3.13. The summed E-state index contributed by atoms with van der Waals surface area (Å²) < 4.78 is 5.37. The number of hydrogen-bond donors (Lipinski definition) is 1. The second-order valence-electron chi connectivity index (χ2n) is 4.44. The third kappa shape index (κ3) is 3.84. The van der Waals surface area contributed by atoms with E-state index in [0.717, 1.165) is 32.0 Å². The zero-order valence-corrected chi connectivity index (χ0v) is 10.2. The first-order valence-corrected chi connectivity index (χ1v) is 5.90. The molecule has 0 spiro atoms. The molecule has 0 radical (unpaired) electrons. The zero-order chi connectivity index (χ0) is 11.3. The van der Waals surface area contributed by atoms with Crippen LogP contribution in [0.5, 0.6) is 0 Å². The lowest BCUT2D eigenvalue weighted by atomic mass is 9.96. The number of allylic oxidation sites excluding steroid dienone is 1. The van der Waals surface area contributed by atoms with Crippen molar-refractivity contribution in [2.45, 2.75) is 33.2 Å². The Balaban J connectivity index is 2.65. The molecule has 1 unspecified atom stereocenters. The fourth-order valence-electron chi connectivity index (χ4n) is 2.02. The van der Waals surface area contributed by atoms with E-state index in [9.17, 15) is 0 Å².